The quantitative estimate of drug-likeness (QED) is 0.191. The Kier molecular flexibility index (Phi) is 7.62. The van der Waals surface area contributed by atoms with Gasteiger partial charge in [0.05, 0.1) is 0 Å². The minimum atomic E-state index is -0.156. The Labute approximate surface area is 214 Å². The molecule has 0 N–H and O–H groups in total. The van der Waals surface area contributed by atoms with E-state index < -0.39 is 0 Å². The van der Waals surface area contributed by atoms with E-state index in [4.69, 9.17) is 0 Å². The summed E-state index contributed by atoms with van der Waals surface area (Å²) < 4.78 is 0. The molecule has 2 amide bonds. The SMILES string of the molecule is CCc1cccc(CCCC2=CCN(CCCCN3C(=O)c4cccc5cccc(c45)C3=O)CC2)c1. The highest BCUT2D eigenvalue weighted by molar-refractivity contribution is 6.25. The van der Waals surface area contributed by atoms with Crippen LogP contribution in [0.1, 0.15) is 70.9 Å². The topological polar surface area (TPSA) is 40.6 Å². The molecule has 36 heavy (non-hydrogen) atoms. The van der Waals surface area contributed by atoms with Gasteiger partial charge in [-0.1, -0.05) is 67.1 Å². The first-order valence-electron chi connectivity index (χ1n) is 13.5. The highest BCUT2D eigenvalue weighted by Gasteiger charge is 2.32. The first kappa shape index (κ1) is 24.5. The number of imide groups is 1. The van der Waals surface area contributed by atoms with E-state index in [0.717, 1.165) is 62.5 Å². The third-order valence-electron chi connectivity index (χ3n) is 7.71. The van der Waals surface area contributed by atoms with E-state index in [9.17, 15) is 9.59 Å². The molecule has 3 aromatic carbocycles. The van der Waals surface area contributed by atoms with Gasteiger partial charge in [-0.25, -0.2) is 0 Å². The summed E-state index contributed by atoms with van der Waals surface area (Å²) in [6.07, 6.45) is 10.1. The van der Waals surface area contributed by atoms with Crippen LogP contribution in [0.5, 0.6) is 0 Å². The molecule has 2 heterocycles. The van der Waals surface area contributed by atoms with Crippen LogP contribution < -0.4 is 0 Å². The van der Waals surface area contributed by atoms with E-state index in [-0.39, 0.29) is 11.8 Å². The number of aryl methyl sites for hydroxylation is 2. The summed E-state index contributed by atoms with van der Waals surface area (Å²) in [5.41, 5.74) is 5.77. The van der Waals surface area contributed by atoms with Crippen molar-refractivity contribution in [3.63, 3.8) is 0 Å². The van der Waals surface area contributed by atoms with E-state index >= 15 is 0 Å². The fourth-order valence-corrected chi connectivity index (χ4v) is 5.60. The Morgan fingerprint density at radius 3 is 2.17 bits per heavy atom. The fraction of sp³-hybridized carbons (Fsp3) is 0.375. The third-order valence-corrected chi connectivity index (χ3v) is 7.71. The molecular weight excluding hydrogens is 444 g/mol. The number of amides is 2. The Morgan fingerprint density at radius 2 is 1.47 bits per heavy atom. The van der Waals surface area contributed by atoms with Gasteiger partial charge in [-0.05, 0) is 80.1 Å². The minimum Gasteiger partial charge on any atom is -0.299 e. The lowest BCUT2D eigenvalue weighted by Crippen LogP contribution is -2.41. The summed E-state index contributed by atoms with van der Waals surface area (Å²) in [6, 6.07) is 20.4. The number of hydrogen-bond acceptors (Lipinski definition) is 3. The van der Waals surface area contributed by atoms with Crippen molar-refractivity contribution < 1.29 is 9.59 Å². The molecule has 0 aliphatic carbocycles. The summed E-state index contributed by atoms with van der Waals surface area (Å²) in [4.78, 5) is 30.0. The van der Waals surface area contributed by atoms with Crippen molar-refractivity contribution in [3.8, 4) is 0 Å². The van der Waals surface area contributed by atoms with Gasteiger partial charge in [-0.2, -0.15) is 0 Å². The summed E-state index contributed by atoms with van der Waals surface area (Å²) in [7, 11) is 0. The number of rotatable bonds is 10. The smallest absolute Gasteiger partial charge is 0.261 e. The van der Waals surface area contributed by atoms with Crippen molar-refractivity contribution in [2.75, 3.05) is 26.2 Å². The molecular formula is C32H36N2O2. The number of benzene rings is 3. The van der Waals surface area contributed by atoms with Crippen molar-refractivity contribution in [2.24, 2.45) is 0 Å². The summed E-state index contributed by atoms with van der Waals surface area (Å²) >= 11 is 0. The molecule has 0 aromatic heterocycles. The van der Waals surface area contributed by atoms with Gasteiger partial charge in [-0.3, -0.25) is 19.4 Å². The molecule has 4 nitrogen and oxygen atoms in total. The lowest BCUT2D eigenvalue weighted by molar-refractivity contribution is 0.0606. The second-order valence-electron chi connectivity index (χ2n) is 10.1. The Morgan fingerprint density at radius 1 is 0.778 bits per heavy atom. The molecule has 0 bridgehead atoms. The number of unbranched alkanes of at least 4 members (excludes halogenated alkanes) is 1. The summed E-state index contributed by atoms with van der Waals surface area (Å²) in [6.45, 7) is 5.82. The lowest BCUT2D eigenvalue weighted by atomic mass is 9.94. The normalized spacial score (nSPS) is 16.0. The van der Waals surface area contributed by atoms with Crippen LogP contribution in [0.3, 0.4) is 0 Å². The largest absolute Gasteiger partial charge is 0.299 e. The summed E-state index contributed by atoms with van der Waals surface area (Å²) in [5.74, 6) is -0.312. The maximum atomic E-state index is 13.0. The van der Waals surface area contributed by atoms with Crippen molar-refractivity contribution in [3.05, 3.63) is 94.6 Å². The molecule has 0 unspecified atom stereocenters. The molecule has 0 radical (unpaired) electrons. The molecule has 0 atom stereocenters. The van der Waals surface area contributed by atoms with Crippen LogP contribution in [0, 0.1) is 0 Å². The van der Waals surface area contributed by atoms with E-state index in [0.29, 0.717) is 17.7 Å². The average molecular weight is 481 g/mol. The van der Waals surface area contributed by atoms with Crippen LogP contribution in [-0.2, 0) is 12.8 Å². The zero-order valence-electron chi connectivity index (χ0n) is 21.3. The minimum absolute atomic E-state index is 0.156. The molecule has 0 spiro atoms. The Balaban J connectivity index is 1.05. The van der Waals surface area contributed by atoms with Gasteiger partial charge in [0, 0.05) is 36.1 Å². The highest BCUT2D eigenvalue weighted by atomic mass is 16.2. The van der Waals surface area contributed by atoms with Crippen LogP contribution >= 0.6 is 0 Å². The summed E-state index contributed by atoms with van der Waals surface area (Å²) in [5, 5.41) is 1.76. The van der Waals surface area contributed by atoms with Crippen LogP contribution in [0.25, 0.3) is 10.8 Å². The molecule has 2 aliphatic heterocycles. The van der Waals surface area contributed by atoms with E-state index in [1.807, 2.05) is 36.4 Å². The number of carbonyl (C=O) groups is 2. The van der Waals surface area contributed by atoms with Gasteiger partial charge in [0.15, 0.2) is 0 Å². The molecule has 0 fully saturated rings. The molecule has 0 saturated carbocycles. The van der Waals surface area contributed by atoms with Crippen LogP contribution in [-0.4, -0.2) is 47.8 Å². The van der Waals surface area contributed by atoms with Crippen molar-refractivity contribution >= 4 is 22.6 Å². The van der Waals surface area contributed by atoms with E-state index in [1.54, 1.807) is 5.57 Å². The van der Waals surface area contributed by atoms with Crippen molar-refractivity contribution in [1.82, 2.24) is 9.80 Å². The first-order chi connectivity index (χ1) is 17.6. The second kappa shape index (κ2) is 11.2. The number of hydrogen-bond donors (Lipinski definition) is 0. The molecule has 4 heteroatoms. The zero-order valence-corrected chi connectivity index (χ0v) is 21.3. The van der Waals surface area contributed by atoms with Crippen molar-refractivity contribution in [1.29, 1.82) is 0 Å². The zero-order chi connectivity index (χ0) is 24.9. The van der Waals surface area contributed by atoms with Crippen molar-refractivity contribution in [2.45, 2.75) is 51.9 Å². The number of carbonyl (C=O) groups excluding carboxylic acids is 2. The predicted octanol–water partition coefficient (Wildman–Crippen LogP) is 6.43. The molecule has 2 aliphatic rings. The standard InChI is InChI=1S/C32H36N2O2/c1-2-24-9-5-11-26(23-24)12-6-10-25-17-21-33(22-18-25)19-3-4-20-34-31(35)28-15-7-13-27-14-8-16-29(30(27)28)32(34)36/h5,7-9,11,13-17,23H,2-4,6,10,12,18-22H2,1H3. The van der Waals surface area contributed by atoms with Crippen LogP contribution in [0.2, 0.25) is 0 Å². The van der Waals surface area contributed by atoms with Crippen LogP contribution in [0.4, 0.5) is 0 Å². The molecule has 0 saturated heterocycles. The van der Waals surface area contributed by atoms with Gasteiger partial charge in [0.2, 0.25) is 0 Å². The molecule has 5 rings (SSSR count). The number of nitrogens with zero attached hydrogens (tertiary/aromatic N) is 2. The average Bonchev–Trinajstić information content (AvgIpc) is 2.92. The fourth-order valence-electron chi connectivity index (χ4n) is 5.60. The molecule has 186 valence electrons. The van der Waals surface area contributed by atoms with Gasteiger partial charge in [0.1, 0.15) is 0 Å². The third kappa shape index (κ3) is 5.29. The Hall–Kier alpha value is -3.24. The van der Waals surface area contributed by atoms with Gasteiger partial charge in [0.25, 0.3) is 11.8 Å². The van der Waals surface area contributed by atoms with Gasteiger partial charge < -0.3 is 0 Å². The van der Waals surface area contributed by atoms with Crippen LogP contribution in [0.15, 0.2) is 72.3 Å². The van der Waals surface area contributed by atoms with E-state index in [2.05, 4.69) is 42.2 Å². The van der Waals surface area contributed by atoms with Gasteiger partial charge in [-0.15, -0.1) is 0 Å². The highest BCUT2D eigenvalue weighted by Crippen LogP contribution is 2.30. The Bertz CT molecular complexity index is 1240. The monoisotopic (exact) mass is 480 g/mol. The molecule has 3 aromatic rings. The maximum Gasteiger partial charge on any atom is 0.261 e. The second-order valence-corrected chi connectivity index (χ2v) is 10.1. The van der Waals surface area contributed by atoms with Gasteiger partial charge >= 0.3 is 0 Å². The maximum absolute atomic E-state index is 13.0. The lowest BCUT2D eigenvalue weighted by Gasteiger charge is -2.28. The first-order valence-corrected chi connectivity index (χ1v) is 13.5. The van der Waals surface area contributed by atoms with E-state index in [1.165, 1.54) is 28.9 Å². The predicted molar refractivity (Wildman–Crippen MR) is 146 cm³/mol.